The van der Waals surface area contributed by atoms with Crippen LogP contribution in [0.2, 0.25) is 0 Å². The van der Waals surface area contributed by atoms with Crippen LogP contribution >= 0.6 is 0 Å². The molecule has 0 radical (unpaired) electrons. The van der Waals surface area contributed by atoms with Crippen molar-refractivity contribution in [2.45, 2.75) is 0 Å². The Hall–Kier alpha value is -9.12. The van der Waals surface area contributed by atoms with E-state index in [1.54, 1.807) is 0 Å². The summed E-state index contributed by atoms with van der Waals surface area (Å²) in [4.78, 5) is 9.01. The van der Waals surface area contributed by atoms with Crippen LogP contribution in [0.15, 0.2) is 255 Å². The maximum absolute atomic E-state index is 4.51. The molecule has 4 nitrogen and oxygen atoms in total. The Labute approximate surface area is 394 Å². The van der Waals surface area contributed by atoms with E-state index < -0.39 is 0 Å². The van der Waals surface area contributed by atoms with E-state index in [4.69, 9.17) is 0 Å². The van der Waals surface area contributed by atoms with Crippen molar-refractivity contribution in [1.29, 1.82) is 0 Å². The van der Waals surface area contributed by atoms with Gasteiger partial charge in [0.05, 0.1) is 33.4 Å². The lowest BCUT2D eigenvalue weighted by atomic mass is 9.95. The van der Waals surface area contributed by atoms with Gasteiger partial charge in [-0.25, -0.2) is 0 Å². The van der Waals surface area contributed by atoms with E-state index in [0.29, 0.717) is 0 Å². The predicted molar refractivity (Wildman–Crippen MR) is 283 cm³/mol. The summed E-state index contributed by atoms with van der Waals surface area (Å²) in [5.74, 6) is 0. The molecule has 0 aliphatic rings. The average Bonchev–Trinajstić information content (AvgIpc) is 3.92. The summed E-state index contributed by atoms with van der Waals surface area (Å²) >= 11 is 0. The lowest BCUT2D eigenvalue weighted by Gasteiger charge is -2.24. The number of rotatable bonds is 8. The van der Waals surface area contributed by atoms with Gasteiger partial charge in [0.15, 0.2) is 0 Å². The molecule has 0 atom stereocenters. The number of fused-ring (bicyclic) bond motifs is 6. The number of aromatic nitrogens is 4. The molecule has 0 amide bonds. The van der Waals surface area contributed by atoms with Crippen LogP contribution in [0.4, 0.5) is 0 Å². The fraction of sp³-hybridized carbons (Fsp3) is 0. The van der Waals surface area contributed by atoms with Crippen molar-refractivity contribution >= 4 is 43.6 Å². The smallest absolute Gasteiger partial charge is 0.0788 e. The van der Waals surface area contributed by atoms with Gasteiger partial charge in [-0.1, -0.05) is 158 Å². The Bertz CT molecular complexity index is 3520. The van der Waals surface area contributed by atoms with E-state index in [0.717, 1.165) is 55.7 Å². The van der Waals surface area contributed by atoms with Gasteiger partial charge in [-0.3, -0.25) is 9.97 Å². The zero-order valence-electron chi connectivity index (χ0n) is 37.0. The third-order valence-corrected chi connectivity index (χ3v) is 13.5. The fourth-order valence-electron chi connectivity index (χ4n) is 10.3. The number of benzene rings is 9. The molecule has 0 saturated carbocycles. The lowest BCUT2D eigenvalue weighted by molar-refractivity contribution is 1.10. The average molecular weight is 867 g/mol. The van der Waals surface area contributed by atoms with Crippen LogP contribution in [0.3, 0.4) is 0 Å². The van der Waals surface area contributed by atoms with Gasteiger partial charge in [-0.2, -0.15) is 0 Å². The molecule has 68 heavy (non-hydrogen) atoms. The van der Waals surface area contributed by atoms with Crippen molar-refractivity contribution in [3.05, 3.63) is 255 Å². The van der Waals surface area contributed by atoms with Crippen molar-refractivity contribution in [3.8, 4) is 78.1 Å². The maximum Gasteiger partial charge on any atom is 0.0788 e. The molecule has 0 aliphatic heterocycles. The molecule has 13 rings (SSSR count). The van der Waals surface area contributed by atoms with Crippen LogP contribution in [0.25, 0.3) is 122 Å². The van der Waals surface area contributed by atoms with Crippen LogP contribution in [-0.2, 0) is 0 Å². The van der Waals surface area contributed by atoms with Crippen LogP contribution in [0.5, 0.6) is 0 Å². The standard InChI is InChI=1S/C64H42N4/c1-5-13-43(14-6-1)49-21-27-59-55(39-49)56-40-50(44-15-7-2-8-16-44)22-28-60(56)67(59)63-53(47-31-35-65-36-32-47)25-26-54(48-33-37-66-38-34-48)64(63)68-61-29-23-51(45-17-9-3-10-18-45)41-57(61)58-42-52(24-30-62(58)68)46-19-11-4-12-20-46/h1-42H. The highest BCUT2D eigenvalue weighted by Gasteiger charge is 2.27. The Balaban J connectivity index is 1.21. The molecule has 4 aromatic heterocycles. The summed E-state index contributed by atoms with van der Waals surface area (Å²) in [6, 6.07) is 83.9. The van der Waals surface area contributed by atoms with Crippen LogP contribution in [0, 0.1) is 0 Å². The first-order valence-electron chi connectivity index (χ1n) is 23.1. The first-order valence-corrected chi connectivity index (χ1v) is 23.1. The zero-order valence-corrected chi connectivity index (χ0v) is 37.0. The minimum Gasteiger partial charge on any atom is -0.307 e. The highest BCUT2D eigenvalue weighted by atomic mass is 15.1. The lowest BCUT2D eigenvalue weighted by Crippen LogP contribution is -2.08. The molecule has 0 unspecified atom stereocenters. The number of hydrogen-bond acceptors (Lipinski definition) is 2. The van der Waals surface area contributed by atoms with Gasteiger partial charge >= 0.3 is 0 Å². The van der Waals surface area contributed by atoms with Crippen LogP contribution < -0.4 is 0 Å². The summed E-state index contributed by atoms with van der Waals surface area (Å²) in [7, 11) is 0. The minimum absolute atomic E-state index is 1.07. The monoisotopic (exact) mass is 866 g/mol. The van der Waals surface area contributed by atoms with Gasteiger partial charge in [-0.15, -0.1) is 0 Å². The molecule has 318 valence electrons. The molecule has 9 aromatic carbocycles. The van der Waals surface area contributed by atoms with Gasteiger partial charge in [0.1, 0.15) is 0 Å². The van der Waals surface area contributed by atoms with Crippen LogP contribution in [-0.4, -0.2) is 19.1 Å². The fourth-order valence-corrected chi connectivity index (χ4v) is 10.3. The second-order valence-electron chi connectivity index (χ2n) is 17.4. The predicted octanol–water partition coefficient (Wildman–Crippen LogP) is 16.7. The maximum atomic E-state index is 4.51. The number of nitrogens with zero attached hydrogens (tertiary/aromatic N) is 4. The highest BCUT2D eigenvalue weighted by molar-refractivity contribution is 6.15. The van der Waals surface area contributed by atoms with Gasteiger partial charge in [0.2, 0.25) is 0 Å². The molecule has 13 aromatic rings. The molecule has 0 saturated heterocycles. The topological polar surface area (TPSA) is 35.6 Å². The zero-order chi connectivity index (χ0) is 45.0. The van der Waals surface area contributed by atoms with Crippen LogP contribution in [0.1, 0.15) is 0 Å². The van der Waals surface area contributed by atoms with E-state index in [1.165, 1.54) is 66.1 Å². The van der Waals surface area contributed by atoms with Crippen molar-refractivity contribution in [3.63, 3.8) is 0 Å². The second kappa shape index (κ2) is 16.4. The Morgan fingerprint density at radius 2 is 0.485 bits per heavy atom. The van der Waals surface area contributed by atoms with E-state index in [1.807, 2.05) is 24.8 Å². The molecular weight excluding hydrogens is 825 g/mol. The molecular formula is C64H42N4. The molecule has 0 aliphatic carbocycles. The first kappa shape index (κ1) is 39.3. The molecule has 0 spiro atoms. The quantitative estimate of drug-likeness (QED) is 0.153. The summed E-state index contributed by atoms with van der Waals surface area (Å²) in [6.07, 6.45) is 7.60. The third kappa shape index (κ3) is 6.61. The third-order valence-electron chi connectivity index (χ3n) is 13.5. The van der Waals surface area contributed by atoms with Crippen molar-refractivity contribution in [1.82, 2.24) is 19.1 Å². The van der Waals surface area contributed by atoms with E-state index in [9.17, 15) is 0 Å². The Kier molecular flexibility index (Phi) is 9.47. The summed E-state index contributed by atoms with van der Waals surface area (Å²) in [5.41, 5.74) is 20.4. The SMILES string of the molecule is c1ccc(-c2ccc3c(c2)c2cc(-c4ccccc4)ccc2n3-c2c(-c3ccncc3)ccc(-c3ccncc3)c2-n2c3ccc(-c4ccccc4)cc3c3cc(-c4ccccc4)ccc32)cc1. The molecule has 0 bridgehead atoms. The van der Waals surface area contributed by atoms with E-state index in [-0.39, 0.29) is 0 Å². The van der Waals surface area contributed by atoms with Gasteiger partial charge in [0.25, 0.3) is 0 Å². The summed E-state index contributed by atoms with van der Waals surface area (Å²) in [6.45, 7) is 0. The van der Waals surface area contributed by atoms with E-state index in [2.05, 4.69) is 250 Å². The Morgan fingerprint density at radius 3 is 0.750 bits per heavy atom. The van der Waals surface area contributed by atoms with E-state index >= 15 is 0 Å². The van der Waals surface area contributed by atoms with Crippen molar-refractivity contribution in [2.75, 3.05) is 0 Å². The minimum atomic E-state index is 1.07. The summed E-state index contributed by atoms with van der Waals surface area (Å²) < 4.78 is 5.05. The van der Waals surface area contributed by atoms with Gasteiger partial charge in [0, 0.05) is 57.5 Å². The first-order chi connectivity index (χ1) is 33.7. The number of hydrogen-bond donors (Lipinski definition) is 0. The molecule has 0 fully saturated rings. The van der Waals surface area contributed by atoms with Crippen molar-refractivity contribution < 1.29 is 0 Å². The normalized spacial score (nSPS) is 11.5. The van der Waals surface area contributed by atoms with Gasteiger partial charge in [-0.05, 0) is 128 Å². The van der Waals surface area contributed by atoms with Crippen molar-refractivity contribution in [2.24, 2.45) is 0 Å². The molecule has 4 heteroatoms. The number of pyridine rings is 2. The largest absolute Gasteiger partial charge is 0.307 e. The van der Waals surface area contributed by atoms with Gasteiger partial charge < -0.3 is 9.13 Å². The Morgan fingerprint density at radius 1 is 0.221 bits per heavy atom. The summed E-state index contributed by atoms with van der Waals surface area (Å²) in [5, 5.41) is 4.73. The second-order valence-corrected chi connectivity index (χ2v) is 17.4. The molecule has 4 heterocycles. The highest BCUT2D eigenvalue weighted by Crippen LogP contribution is 2.47. The molecule has 0 N–H and O–H groups in total.